The van der Waals surface area contributed by atoms with Crippen molar-refractivity contribution in [2.24, 2.45) is 0 Å². The topological polar surface area (TPSA) is 19.1 Å². The summed E-state index contributed by atoms with van der Waals surface area (Å²) >= 11 is 1.86. The van der Waals surface area contributed by atoms with Crippen molar-refractivity contribution in [1.29, 1.82) is 0 Å². The smallest absolute Gasteiger partial charge is 0.132 e. The molecular weight excluding hydrogens is 677 g/mol. The fraction of sp³-hybridized carbons (Fsp3) is 0.0400. The van der Waals surface area contributed by atoms with E-state index in [1.165, 1.54) is 75.1 Å². The number of para-hydroxylation sites is 4. The van der Waals surface area contributed by atoms with Crippen LogP contribution in [0.5, 0.6) is 5.75 Å². The zero-order valence-electron chi connectivity index (χ0n) is 29.5. The van der Waals surface area contributed by atoms with Crippen LogP contribution in [0.4, 0.5) is 0 Å². The molecule has 0 bridgehead atoms. The number of ether oxygens (including phenoxy) is 1. The molecule has 0 saturated heterocycles. The van der Waals surface area contributed by atoms with Crippen molar-refractivity contribution in [1.82, 2.24) is 9.13 Å². The molecule has 54 heavy (non-hydrogen) atoms. The van der Waals surface area contributed by atoms with Crippen LogP contribution < -0.4 is 4.74 Å². The Morgan fingerprint density at radius 1 is 0.537 bits per heavy atom. The SMILES string of the molecule is C/C=C\C=C/C1=CC2(c3cc4c(cc3O1)c1ccccc1n4-c1ccc3sc4ccccc4c3c1)c1ccccc1-n1c3ccccc3c3cccc2c31. The van der Waals surface area contributed by atoms with Crippen LogP contribution >= 0.6 is 11.3 Å². The van der Waals surface area contributed by atoms with E-state index in [0.717, 1.165) is 28.3 Å². The van der Waals surface area contributed by atoms with Crippen LogP contribution in [-0.4, -0.2) is 9.13 Å². The first kappa shape index (κ1) is 29.9. The lowest BCUT2D eigenvalue weighted by atomic mass is 9.65. The van der Waals surface area contributed by atoms with E-state index < -0.39 is 5.41 Å². The van der Waals surface area contributed by atoms with Crippen molar-refractivity contribution in [3.63, 3.8) is 0 Å². The number of nitrogens with zero attached hydrogens (tertiary/aromatic N) is 2. The van der Waals surface area contributed by atoms with Crippen molar-refractivity contribution in [2.75, 3.05) is 0 Å². The minimum atomic E-state index is -0.632. The molecule has 7 aromatic carbocycles. The summed E-state index contributed by atoms with van der Waals surface area (Å²) in [6.45, 7) is 2.04. The fourth-order valence-corrected chi connectivity index (χ4v) is 10.6. The molecule has 3 nitrogen and oxygen atoms in total. The Balaban J connectivity index is 1.23. The summed E-state index contributed by atoms with van der Waals surface area (Å²) in [7, 11) is 0. The van der Waals surface area contributed by atoms with E-state index >= 15 is 0 Å². The van der Waals surface area contributed by atoms with Gasteiger partial charge in [-0.3, -0.25) is 0 Å². The van der Waals surface area contributed by atoms with E-state index in [0.29, 0.717) is 0 Å². The molecule has 0 radical (unpaired) electrons. The number of fused-ring (bicyclic) bond motifs is 15. The molecule has 1 atom stereocenters. The molecule has 0 N–H and O–H groups in total. The van der Waals surface area contributed by atoms with Gasteiger partial charge >= 0.3 is 0 Å². The summed E-state index contributed by atoms with van der Waals surface area (Å²) in [6, 6.07) is 53.8. The Hall–Kier alpha value is -6.62. The van der Waals surface area contributed by atoms with Crippen LogP contribution in [0.1, 0.15) is 23.6 Å². The van der Waals surface area contributed by atoms with Crippen LogP contribution in [0.3, 0.4) is 0 Å². The monoisotopic (exact) mass is 708 g/mol. The highest BCUT2D eigenvalue weighted by molar-refractivity contribution is 7.25. The predicted octanol–water partition coefficient (Wildman–Crippen LogP) is 13.3. The molecule has 0 amide bonds. The molecule has 2 aliphatic heterocycles. The third-order valence-corrected chi connectivity index (χ3v) is 12.8. The third-order valence-electron chi connectivity index (χ3n) is 11.7. The Morgan fingerprint density at radius 2 is 1.24 bits per heavy atom. The second-order valence-electron chi connectivity index (χ2n) is 14.4. The normalized spacial score (nSPS) is 16.4. The molecular formula is C50H32N2OS. The van der Waals surface area contributed by atoms with Gasteiger partial charge in [0.1, 0.15) is 11.5 Å². The van der Waals surface area contributed by atoms with Crippen LogP contribution in [0, 0.1) is 0 Å². The average Bonchev–Trinajstić information content (AvgIpc) is 3.87. The summed E-state index contributed by atoms with van der Waals surface area (Å²) in [5, 5.41) is 7.49. The summed E-state index contributed by atoms with van der Waals surface area (Å²) < 4.78 is 14.5. The molecule has 1 unspecified atom stereocenters. The fourth-order valence-electron chi connectivity index (χ4n) is 9.49. The number of benzene rings is 7. The van der Waals surface area contributed by atoms with Crippen LogP contribution in [0.2, 0.25) is 0 Å². The Morgan fingerprint density at radius 3 is 2.11 bits per heavy atom. The average molecular weight is 709 g/mol. The maximum Gasteiger partial charge on any atom is 0.132 e. The van der Waals surface area contributed by atoms with Gasteiger partial charge in [0.05, 0.1) is 33.2 Å². The zero-order chi connectivity index (χ0) is 35.5. The van der Waals surface area contributed by atoms with Crippen molar-refractivity contribution in [3.05, 3.63) is 198 Å². The number of thiophene rings is 1. The lowest BCUT2D eigenvalue weighted by Crippen LogP contribution is -2.35. The summed E-state index contributed by atoms with van der Waals surface area (Å²) in [5.41, 5.74) is 10.1. The summed E-state index contributed by atoms with van der Waals surface area (Å²) in [5.74, 6) is 1.71. The molecule has 5 heterocycles. The molecule has 12 rings (SSSR count). The Kier molecular flexibility index (Phi) is 6.07. The van der Waals surface area contributed by atoms with E-state index in [4.69, 9.17) is 4.74 Å². The molecule has 4 heteroatoms. The highest BCUT2D eigenvalue weighted by Crippen LogP contribution is 2.56. The van der Waals surface area contributed by atoms with Gasteiger partial charge in [0, 0.05) is 53.0 Å². The van der Waals surface area contributed by atoms with E-state index in [9.17, 15) is 0 Å². The number of hydrogen-bond donors (Lipinski definition) is 0. The molecule has 254 valence electrons. The molecule has 1 spiro atoms. The number of rotatable bonds is 3. The van der Waals surface area contributed by atoms with Gasteiger partial charge in [-0.05, 0) is 84.8 Å². The van der Waals surface area contributed by atoms with Gasteiger partial charge in [-0.1, -0.05) is 109 Å². The van der Waals surface area contributed by atoms with Crippen molar-refractivity contribution >= 4 is 75.1 Å². The quantitative estimate of drug-likeness (QED) is 0.167. The zero-order valence-corrected chi connectivity index (χ0v) is 30.3. The minimum Gasteiger partial charge on any atom is -0.457 e. The minimum absolute atomic E-state index is 0.632. The lowest BCUT2D eigenvalue weighted by Gasteiger charge is -2.42. The van der Waals surface area contributed by atoms with E-state index in [2.05, 4.69) is 179 Å². The Labute approximate surface area is 315 Å². The summed E-state index contributed by atoms with van der Waals surface area (Å²) in [4.78, 5) is 0. The van der Waals surface area contributed by atoms with E-state index in [-0.39, 0.29) is 0 Å². The van der Waals surface area contributed by atoms with Gasteiger partial charge in [0.25, 0.3) is 0 Å². The lowest BCUT2D eigenvalue weighted by molar-refractivity contribution is 0.410. The number of hydrogen-bond acceptors (Lipinski definition) is 2. The van der Waals surface area contributed by atoms with Gasteiger partial charge in [-0.2, -0.15) is 0 Å². The van der Waals surface area contributed by atoms with E-state index in [1.807, 2.05) is 24.3 Å². The summed E-state index contributed by atoms with van der Waals surface area (Å²) in [6.07, 6.45) is 10.7. The highest BCUT2D eigenvalue weighted by Gasteiger charge is 2.46. The van der Waals surface area contributed by atoms with E-state index in [1.54, 1.807) is 0 Å². The molecule has 10 aromatic rings. The molecule has 2 aliphatic rings. The van der Waals surface area contributed by atoms with Gasteiger partial charge in [0.2, 0.25) is 0 Å². The molecule has 0 fully saturated rings. The maximum atomic E-state index is 6.96. The maximum absolute atomic E-state index is 6.96. The standard InChI is InChI=1S/C50H32N2OS/c1-2-3-4-14-32-30-50(39-19-8-11-23-44(39)52-43-22-10-5-15-33(43)36-18-13-20-40(50)49(36)52)41-29-45-37(28-46(41)53-32)34-16-6-9-21-42(34)51(45)31-25-26-48-38(27-31)35-17-7-12-24-47(35)54-48/h2-30H,1H3/b3-2-,14-4-. The van der Waals surface area contributed by atoms with Crippen LogP contribution in [-0.2, 0) is 5.41 Å². The molecule has 0 aliphatic carbocycles. The first-order valence-electron chi connectivity index (χ1n) is 18.5. The van der Waals surface area contributed by atoms with Gasteiger partial charge < -0.3 is 13.9 Å². The molecule has 0 saturated carbocycles. The molecule has 3 aromatic heterocycles. The largest absolute Gasteiger partial charge is 0.457 e. The second-order valence-corrected chi connectivity index (χ2v) is 15.5. The number of allylic oxidation sites excluding steroid dienone is 5. The first-order chi connectivity index (χ1) is 26.7. The highest BCUT2D eigenvalue weighted by atomic mass is 32.1. The van der Waals surface area contributed by atoms with Gasteiger partial charge in [-0.15, -0.1) is 11.3 Å². The van der Waals surface area contributed by atoms with Crippen molar-refractivity contribution in [2.45, 2.75) is 12.3 Å². The van der Waals surface area contributed by atoms with Crippen LogP contribution in [0.15, 0.2) is 182 Å². The predicted molar refractivity (Wildman–Crippen MR) is 227 cm³/mol. The third kappa shape index (κ3) is 3.85. The van der Waals surface area contributed by atoms with Crippen molar-refractivity contribution in [3.8, 4) is 17.1 Å². The van der Waals surface area contributed by atoms with Gasteiger partial charge in [-0.25, -0.2) is 0 Å². The van der Waals surface area contributed by atoms with Crippen LogP contribution in [0.25, 0.3) is 75.2 Å². The van der Waals surface area contributed by atoms with Crippen molar-refractivity contribution < 1.29 is 4.74 Å². The van der Waals surface area contributed by atoms with Gasteiger partial charge in [0.15, 0.2) is 0 Å². The second kappa shape index (κ2) is 11.0. The number of aromatic nitrogens is 2. The first-order valence-corrected chi connectivity index (χ1v) is 19.4. The Bertz CT molecular complexity index is 3330.